The zero-order chi connectivity index (χ0) is 36.3. The van der Waals surface area contributed by atoms with Crippen molar-refractivity contribution in [3.05, 3.63) is 77.5 Å². The number of ether oxygens (including phenoxy) is 2. The molecule has 3 aliphatic heterocycles. The molecule has 0 aliphatic carbocycles. The number of carbonyl (C=O) groups excluding carboxylic acids is 2. The topological polar surface area (TPSA) is 148 Å². The minimum absolute atomic E-state index is 0.00356. The Labute approximate surface area is 299 Å². The van der Waals surface area contributed by atoms with Gasteiger partial charge in [-0.1, -0.05) is 12.1 Å². The van der Waals surface area contributed by atoms with Gasteiger partial charge in [0.2, 0.25) is 5.88 Å². The maximum atomic E-state index is 15.2. The van der Waals surface area contributed by atoms with E-state index in [9.17, 15) is 18.5 Å². The molecule has 3 aliphatic rings. The fourth-order valence-corrected chi connectivity index (χ4v) is 9.01. The first-order chi connectivity index (χ1) is 24.6. The third-order valence-corrected chi connectivity index (χ3v) is 11.8. The van der Waals surface area contributed by atoms with Gasteiger partial charge >= 0.3 is 6.03 Å². The third-order valence-electron chi connectivity index (χ3n) is 10.0. The van der Waals surface area contributed by atoms with E-state index in [4.69, 9.17) is 9.47 Å². The molecule has 0 saturated carbocycles. The maximum Gasteiger partial charge on any atom is 0.318 e. The van der Waals surface area contributed by atoms with E-state index in [2.05, 4.69) is 40.0 Å². The van der Waals surface area contributed by atoms with Crippen LogP contribution >= 0.6 is 0 Å². The average molecular weight is 716 g/mol. The number of hydrogen-bond donors (Lipinski definition) is 1. The predicted molar refractivity (Wildman–Crippen MR) is 191 cm³/mol. The maximum absolute atomic E-state index is 15.2. The Morgan fingerprint density at radius 3 is 2.35 bits per heavy atom. The van der Waals surface area contributed by atoms with Crippen molar-refractivity contribution in [2.75, 3.05) is 56.8 Å². The minimum Gasteiger partial charge on any atom is -0.492 e. The number of fused-ring (bicyclic) bond motifs is 1. The Bertz CT molecular complexity index is 1920. The molecule has 0 spiro atoms. The normalized spacial score (nSPS) is 20.3. The quantitative estimate of drug-likeness (QED) is 0.328. The van der Waals surface area contributed by atoms with Gasteiger partial charge in [0.05, 0.1) is 36.1 Å². The van der Waals surface area contributed by atoms with E-state index < -0.39 is 27.5 Å². The molecule has 1 unspecified atom stereocenters. The molecule has 51 heavy (non-hydrogen) atoms. The average Bonchev–Trinajstić information content (AvgIpc) is 3.39. The zero-order valence-corrected chi connectivity index (χ0v) is 30.4. The van der Waals surface area contributed by atoms with E-state index in [-0.39, 0.29) is 52.1 Å². The van der Waals surface area contributed by atoms with Gasteiger partial charge in [0.25, 0.3) is 15.9 Å². The summed E-state index contributed by atoms with van der Waals surface area (Å²) in [5.41, 5.74) is -1.68. The molecule has 3 aromatic rings. The van der Waals surface area contributed by atoms with Gasteiger partial charge in [-0.15, -0.1) is 0 Å². The van der Waals surface area contributed by atoms with Crippen molar-refractivity contribution in [3.8, 4) is 17.7 Å². The number of benzene rings is 2. The highest BCUT2D eigenvalue weighted by atomic mass is 32.2. The van der Waals surface area contributed by atoms with Crippen molar-refractivity contribution in [3.63, 3.8) is 0 Å². The molecule has 13 nitrogen and oxygen atoms in total. The Kier molecular flexibility index (Phi) is 10.5. The van der Waals surface area contributed by atoms with Crippen LogP contribution < -0.4 is 19.1 Å². The molecule has 6 rings (SSSR count). The van der Waals surface area contributed by atoms with Gasteiger partial charge in [0.1, 0.15) is 10.6 Å². The lowest BCUT2D eigenvalue weighted by Gasteiger charge is -2.44. The lowest BCUT2D eigenvalue weighted by molar-refractivity contribution is -0.121. The fraction of sp³-hybridized carbons (Fsp3) is 0.459. The first kappa shape index (κ1) is 36.1. The van der Waals surface area contributed by atoms with Crippen molar-refractivity contribution in [1.82, 2.24) is 25.0 Å². The van der Waals surface area contributed by atoms with Gasteiger partial charge in [-0.25, -0.2) is 18.2 Å². The number of likely N-dealkylation sites (tertiary alicyclic amines) is 1. The van der Waals surface area contributed by atoms with Gasteiger partial charge in [0.15, 0.2) is 5.54 Å². The predicted octanol–water partition coefficient (Wildman–Crippen LogP) is 3.93. The molecular formula is C37H45N7O6S. The summed E-state index contributed by atoms with van der Waals surface area (Å²) in [6, 6.07) is 16.0. The van der Waals surface area contributed by atoms with Gasteiger partial charge < -0.3 is 19.7 Å². The summed E-state index contributed by atoms with van der Waals surface area (Å²) in [5, 5.41) is 12.9. The summed E-state index contributed by atoms with van der Waals surface area (Å²) in [7, 11) is -4.63. The third kappa shape index (κ3) is 6.61. The zero-order valence-electron chi connectivity index (χ0n) is 29.5. The Morgan fingerprint density at radius 1 is 0.980 bits per heavy atom. The van der Waals surface area contributed by atoms with Crippen molar-refractivity contribution in [1.29, 1.82) is 5.26 Å². The van der Waals surface area contributed by atoms with Gasteiger partial charge in [0, 0.05) is 63.1 Å². The molecule has 2 saturated heterocycles. The summed E-state index contributed by atoms with van der Waals surface area (Å²) in [4.78, 5) is 40.4. The molecule has 14 heteroatoms. The Hall–Kier alpha value is -4.71. The van der Waals surface area contributed by atoms with Gasteiger partial charge in [-0.3, -0.25) is 14.6 Å². The highest BCUT2D eigenvalue weighted by Gasteiger charge is 2.59. The largest absolute Gasteiger partial charge is 0.492 e. The summed E-state index contributed by atoms with van der Waals surface area (Å²) < 4.78 is 41.5. The van der Waals surface area contributed by atoms with Crippen LogP contribution in [0.5, 0.6) is 11.6 Å². The van der Waals surface area contributed by atoms with Crippen LogP contribution in [-0.4, -0.2) is 105 Å². The van der Waals surface area contributed by atoms with Crippen molar-refractivity contribution >= 4 is 27.6 Å². The number of amides is 3. The van der Waals surface area contributed by atoms with Crippen LogP contribution in [0.3, 0.4) is 0 Å². The van der Waals surface area contributed by atoms with Crippen LogP contribution in [0.4, 0.5) is 10.5 Å². The molecular weight excluding hydrogens is 671 g/mol. The van der Waals surface area contributed by atoms with E-state index in [1.54, 1.807) is 43.0 Å². The van der Waals surface area contributed by atoms with Crippen molar-refractivity contribution in [2.24, 2.45) is 0 Å². The summed E-state index contributed by atoms with van der Waals surface area (Å²) in [6.45, 7) is 13.2. The number of hydrogen-bond acceptors (Lipinski definition) is 10. The van der Waals surface area contributed by atoms with E-state index >= 15 is 4.79 Å². The second-order valence-electron chi connectivity index (χ2n) is 13.2. The fourth-order valence-electron chi connectivity index (χ4n) is 7.40. The highest BCUT2D eigenvalue weighted by Crippen LogP contribution is 2.49. The van der Waals surface area contributed by atoms with Crippen LogP contribution in [0.2, 0.25) is 0 Å². The molecule has 2 fully saturated rings. The molecule has 1 aromatic heterocycles. The van der Waals surface area contributed by atoms with E-state index in [0.717, 1.165) is 39.0 Å². The highest BCUT2D eigenvalue weighted by molar-refractivity contribution is 7.93. The van der Waals surface area contributed by atoms with Crippen molar-refractivity contribution < 1.29 is 27.5 Å². The number of anilines is 1. The van der Waals surface area contributed by atoms with Crippen LogP contribution in [-0.2, 0) is 20.4 Å². The second kappa shape index (κ2) is 14.9. The summed E-state index contributed by atoms with van der Waals surface area (Å²) in [5.74, 6) is -0.830. The number of carbonyl (C=O) groups is 2. The number of urea groups is 1. The number of nitrogens with one attached hydrogen (secondary N) is 1. The first-order valence-electron chi connectivity index (χ1n) is 17.6. The SMILES string of the molecule is CCOc1ccccc1S(=O)(=O)N1C(=O)C(NC(=O)N2CCC(N3CCN(C(C)C)CC3)CC2)(c2cccnc2OCC)c2cc(C#N)ccc21. The molecule has 270 valence electrons. The molecule has 1 N–H and O–H groups in total. The minimum atomic E-state index is -4.63. The lowest BCUT2D eigenvalue weighted by atomic mass is 9.83. The van der Waals surface area contributed by atoms with Gasteiger partial charge in [-0.05, 0) is 83.0 Å². The number of para-hydroxylation sites is 1. The summed E-state index contributed by atoms with van der Waals surface area (Å²) >= 11 is 0. The summed E-state index contributed by atoms with van der Waals surface area (Å²) in [6.07, 6.45) is 3.02. The number of sulfonamides is 1. The lowest BCUT2D eigenvalue weighted by Crippen LogP contribution is -2.60. The number of piperidine rings is 1. The Morgan fingerprint density at radius 2 is 1.69 bits per heavy atom. The van der Waals surface area contributed by atoms with Crippen LogP contribution in [0.15, 0.2) is 65.7 Å². The first-order valence-corrected chi connectivity index (χ1v) is 19.0. The molecule has 3 amide bonds. The smallest absolute Gasteiger partial charge is 0.318 e. The van der Waals surface area contributed by atoms with Crippen LogP contribution in [0, 0.1) is 11.3 Å². The van der Waals surface area contributed by atoms with E-state index in [1.165, 1.54) is 36.5 Å². The number of nitrogens with zero attached hydrogens (tertiary/aromatic N) is 6. The van der Waals surface area contributed by atoms with Gasteiger partial charge in [-0.2, -0.15) is 9.57 Å². The number of piperazine rings is 1. The van der Waals surface area contributed by atoms with E-state index in [0.29, 0.717) is 29.5 Å². The van der Waals surface area contributed by atoms with Crippen molar-refractivity contribution in [2.45, 2.75) is 63.1 Å². The molecule has 0 radical (unpaired) electrons. The van der Waals surface area contributed by atoms with E-state index in [1.807, 2.05) is 0 Å². The standard InChI is InChI=1S/C37H45N7O6S/c1-5-49-32-11-7-8-12-33(32)51(47,48)44-31-14-13-27(25-38)24-30(31)37(35(44)45,29-10-9-17-39-34(29)50-6-2)40-36(46)43-18-15-28(16-19-43)42-22-20-41(21-23-42)26(3)4/h7-14,17,24,26,28H,5-6,15-16,18-23H2,1-4H3,(H,40,46). The molecule has 0 bridgehead atoms. The number of aromatic nitrogens is 1. The molecule has 4 heterocycles. The molecule has 1 atom stereocenters. The molecule has 2 aromatic carbocycles. The monoisotopic (exact) mass is 715 g/mol. The van der Waals surface area contributed by atoms with Crippen LogP contribution in [0.1, 0.15) is 57.2 Å². The number of nitriles is 1. The number of pyridine rings is 1. The second-order valence-corrected chi connectivity index (χ2v) is 14.9. The van der Waals surface area contributed by atoms with Crippen LogP contribution in [0.25, 0.3) is 0 Å². The number of rotatable bonds is 10. The Balaban J connectivity index is 1.40.